The van der Waals surface area contributed by atoms with E-state index in [1.807, 2.05) is 6.07 Å². The SMILES string of the molecule is CCc1cc(NCCN(C)CC)ncn1. The standard InChI is InChI=1S/C11H20N4/c1-4-10-8-11(14-9-13-10)12-6-7-15(3)5-2/h8-9H,4-7H2,1-3H3,(H,12,13,14). The molecule has 84 valence electrons. The van der Waals surface area contributed by atoms with Crippen molar-refractivity contribution in [2.75, 3.05) is 32.0 Å². The van der Waals surface area contributed by atoms with Crippen molar-refractivity contribution in [1.29, 1.82) is 0 Å². The fourth-order valence-electron chi connectivity index (χ4n) is 1.22. The topological polar surface area (TPSA) is 41.0 Å². The Balaban J connectivity index is 2.37. The first-order valence-electron chi connectivity index (χ1n) is 5.49. The van der Waals surface area contributed by atoms with Gasteiger partial charge in [0.05, 0.1) is 0 Å². The Morgan fingerprint density at radius 1 is 1.33 bits per heavy atom. The summed E-state index contributed by atoms with van der Waals surface area (Å²) in [7, 11) is 2.11. The Bertz CT molecular complexity index is 288. The van der Waals surface area contributed by atoms with Gasteiger partial charge in [-0.3, -0.25) is 0 Å². The summed E-state index contributed by atoms with van der Waals surface area (Å²) in [5.41, 5.74) is 1.08. The largest absolute Gasteiger partial charge is 0.369 e. The van der Waals surface area contributed by atoms with E-state index in [1.54, 1.807) is 6.33 Å². The van der Waals surface area contributed by atoms with E-state index >= 15 is 0 Å². The average Bonchev–Trinajstić information content (AvgIpc) is 2.29. The van der Waals surface area contributed by atoms with Gasteiger partial charge in [-0.05, 0) is 20.0 Å². The molecule has 0 spiro atoms. The summed E-state index contributed by atoms with van der Waals surface area (Å²) in [5.74, 6) is 0.923. The first kappa shape index (κ1) is 11.9. The number of hydrogen-bond donors (Lipinski definition) is 1. The third kappa shape index (κ3) is 4.25. The Hall–Kier alpha value is -1.16. The minimum atomic E-state index is 0.921. The van der Waals surface area contributed by atoms with E-state index in [1.165, 1.54) is 0 Å². The molecule has 0 aliphatic carbocycles. The quantitative estimate of drug-likeness (QED) is 0.767. The molecule has 0 saturated carbocycles. The smallest absolute Gasteiger partial charge is 0.129 e. The van der Waals surface area contributed by atoms with Gasteiger partial charge in [-0.1, -0.05) is 13.8 Å². The number of hydrogen-bond acceptors (Lipinski definition) is 4. The van der Waals surface area contributed by atoms with E-state index in [-0.39, 0.29) is 0 Å². The number of nitrogens with one attached hydrogen (secondary N) is 1. The van der Waals surface area contributed by atoms with Crippen LogP contribution in [0.1, 0.15) is 19.5 Å². The van der Waals surface area contributed by atoms with Crippen LogP contribution in [0.4, 0.5) is 5.82 Å². The van der Waals surface area contributed by atoms with Crippen molar-refractivity contribution in [2.24, 2.45) is 0 Å². The summed E-state index contributed by atoms with van der Waals surface area (Å²) in [5, 5.41) is 3.29. The first-order chi connectivity index (χ1) is 7.26. The normalized spacial score (nSPS) is 10.7. The third-order valence-electron chi connectivity index (χ3n) is 2.43. The van der Waals surface area contributed by atoms with Crippen LogP contribution in [-0.4, -0.2) is 41.5 Å². The van der Waals surface area contributed by atoms with Gasteiger partial charge in [-0.2, -0.15) is 0 Å². The lowest BCUT2D eigenvalue weighted by Gasteiger charge is -2.14. The zero-order valence-corrected chi connectivity index (χ0v) is 9.82. The molecule has 1 heterocycles. The van der Waals surface area contributed by atoms with Crippen LogP contribution in [0.2, 0.25) is 0 Å². The van der Waals surface area contributed by atoms with E-state index in [2.05, 4.69) is 41.1 Å². The maximum absolute atomic E-state index is 4.17. The van der Waals surface area contributed by atoms with Crippen molar-refractivity contribution >= 4 is 5.82 Å². The summed E-state index contributed by atoms with van der Waals surface area (Å²) in [6.07, 6.45) is 2.57. The number of anilines is 1. The van der Waals surface area contributed by atoms with E-state index in [0.717, 1.165) is 37.6 Å². The second-order valence-electron chi connectivity index (χ2n) is 3.57. The van der Waals surface area contributed by atoms with Crippen LogP contribution in [-0.2, 0) is 6.42 Å². The van der Waals surface area contributed by atoms with Crippen molar-refractivity contribution in [3.8, 4) is 0 Å². The van der Waals surface area contributed by atoms with E-state index in [9.17, 15) is 0 Å². The molecule has 0 unspecified atom stereocenters. The predicted molar refractivity (Wildman–Crippen MR) is 63.1 cm³/mol. The number of likely N-dealkylation sites (N-methyl/N-ethyl adjacent to an activating group) is 1. The third-order valence-corrected chi connectivity index (χ3v) is 2.43. The molecule has 1 rings (SSSR count). The lowest BCUT2D eigenvalue weighted by molar-refractivity contribution is 0.367. The van der Waals surface area contributed by atoms with Crippen molar-refractivity contribution in [1.82, 2.24) is 14.9 Å². The summed E-state index contributed by atoms with van der Waals surface area (Å²) >= 11 is 0. The van der Waals surface area contributed by atoms with Crippen molar-refractivity contribution in [3.63, 3.8) is 0 Å². The predicted octanol–water partition coefficient (Wildman–Crippen LogP) is 1.40. The Kier molecular flexibility index (Phi) is 5.04. The molecule has 0 fully saturated rings. The van der Waals surface area contributed by atoms with E-state index in [0.29, 0.717) is 0 Å². The van der Waals surface area contributed by atoms with Gasteiger partial charge in [0.1, 0.15) is 12.1 Å². The Morgan fingerprint density at radius 2 is 2.13 bits per heavy atom. The molecule has 4 nitrogen and oxygen atoms in total. The molecular weight excluding hydrogens is 188 g/mol. The minimum Gasteiger partial charge on any atom is -0.369 e. The van der Waals surface area contributed by atoms with Gasteiger partial charge >= 0.3 is 0 Å². The van der Waals surface area contributed by atoms with Crippen molar-refractivity contribution in [2.45, 2.75) is 20.3 Å². The van der Waals surface area contributed by atoms with Gasteiger partial charge in [0.25, 0.3) is 0 Å². The molecule has 1 aromatic heterocycles. The molecule has 4 heteroatoms. The molecule has 0 aromatic carbocycles. The van der Waals surface area contributed by atoms with Gasteiger partial charge in [-0.15, -0.1) is 0 Å². The maximum Gasteiger partial charge on any atom is 0.129 e. The molecule has 0 saturated heterocycles. The van der Waals surface area contributed by atoms with Crippen LogP contribution in [0.3, 0.4) is 0 Å². The highest BCUT2D eigenvalue weighted by molar-refractivity contribution is 5.34. The Morgan fingerprint density at radius 3 is 2.80 bits per heavy atom. The summed E-state index contributed by atoms with van der Waals surface area (Å²) in [4.78, 5) is 10.6. The van der Waals surface area contributed by atoms with Crippen LogP contribution in [0.5, 0.6) is 0 Å². The van der Waals surface area contributed by atoms with Crippen LogP contribution in [0.15, 0.2) is 12.4 Å². The molecule has 0 aliphatic rings. The molecule has 0 amide bonds. The average molecular weight is 208 g/mol. The molecule has 0 atom stereocenters. The highest BCUT2D eigenvalue weighted by Gasteiger charge is 1.97. The fourth-order valence-corrected chi connectivity index (χ4v) is 1.22. The van der Waals surface area contributed by atoms with Gasteiger partial charge < -0.3 is 10.2 Å². The van der Waals surface area contributed by atoms with Crippen LogP contribution < -0.4 is 5.32 Å². The maximum atomic E-state index is 4.17. The number of aromatic nitrogens is 2. The first-order valence-corrected chi connectivity index (χ1v) is 5.49. The number of nitrogens with zero attached hydrogens (tertiary/aromatic N) is 3. The van der Waals surface area contributed by atoms with Crippen LogP contribution >= 0.6 is 0 Å². The molecule has 1 aromatic rings. The highest BCUT2D eigenvalue weighted by atomic mass is 15.1. The lowest BCUT2D eigenvalue weighted by atomic mass is 10.3. The number of aryl methyl sites for hydroxylation is 1. The summed E-state index contributed by atoms with van der Waals surface area (Å²) in [6.45, 7) is 7.27. The molecule has 0 bridgehead atoms. The van der Waals surface area contributed by atoms with Gasteiger partial charge in [0, 0.05) is 24.8 Å². The number of rotatable bonds is 6. The van der Waals surface area contributed by atoms with Gasteiger partial charge in [-0.25, -0.2) is 9.97 Å². The summed E-state index contributed by atoms with van der Waals surface area (Å²) in [6, 6.07) is 2.01. The minimum absolute atomic E-state index is 0.921. The van der Waals surface area contributed by atoms with Crippen LogP contribution in [0, 0.1) is 0 Å². The molecule has 1 N–H and O–H groups in total. The summed E-state index contributed by atoms with van der Waals surface area (Å²) < 4.78 is 0. The van der Waals surface area contributed by atoms with Gasteiger partial charge in [0.2, 0.25) is 0 Å². The van der Waals surface area contributed by atoms with Crippen LogP contribution in [0.25, 0.3) is 0 Å². The molecule has 0 radical (unpaired) electrons. The monoisotopic (exact) mass is 208 g/mol. The van der Waals surface area contributed by atoms with Gasteiger partial charge in [0.15, 0.2) is 0 Å². The second-order valence-corrected chi connectivity index (χ2v) is 3.57. The molecule has 15 heavy (non-hydrogen) atoms. The van der Waals surface area contributed by atoms with Crippen molar-refractivity contribution < 1.29 is 0 Å². The zero-order valence-electron chi connectivity index (χ0n) is 9.82. The highest BCUT2D eigenvalue weighted by Crippen LogP contribution is 2.03. The fraction of sp³-hybridized carbons (Fsp3) is 0.636. The molecule has 0 aliphatic heterocycles. The lowest BCUT2D eigenvalue weighted by Crippen LogP contribution is -2.24. The second kappa shape index (κ2) is 6.35. The Labute approximate surface area is 91.7 Å². The molecular formula is C11H20N4. The van der Waals surface area contributed by atoms with Crippen molar-refractivity contribution in [3.05, 3.63) is 18.1 Å². The zero-order chi connectivity index (χ0) is 11.1. The van der Waals surface area contributed by atoms with E-state index < -0.39 is 0 Å². The van der Waals surface area contributed by atoms with E-state index in [4.69, 9.17) is 0 Å².